The summed E-state index contributed by atoms with van der Waals surface area (Å²) in [4.78, 5) is 19.1. The molecule has 6 heteroatoms. The molecular formula is C19H18N4O2. The molecule has 1 aromatic heterocycles. The van der Waals surface area contributed by atoms with E-state index in [0.29, 0.717) is 32.1 Å². The summed E-state index contributed by atoms with van der Waals surface area (Å²) in [5.41, 5.74) is 1.79. The number of benzene rings is 2. The van der Waals surface area contributed by atoms with Crippen LogP contribution >= 0.6 is 0 Å². The van der Waals surface area contributed by atoms with Crippen LogP contribution in [-0.2, 0) is 4.74 Å². The summed E-state index contributed by atoms with van der Waals surface area (Å²) in [6.45, 7) is 2.24. The largest absolute Gasteiger partial charge is 0.378 e. The van der Waals surface area contributed by atoms with Crippen LogP contribution in [0, 0.1) is 0 Å². The molecule has 0 aliphatic carbocycles. The van der Waals surface area contributed by atoms with Gasteiger partial charge in [0.05, 0.1) is 18.9 Å². The van der Waals surface area contributed by atoms with Gasteiger partial charge in [0.1, 0.15) is 0 Å². The minimum absolute atomic E-state index is 0.157. The molecule has 1 aliphatic rings. The Morgan fingerprint density at radius 3 is 2.24 bits per heavy atom. The molecule has 0 atom stereocenters. The van der Waals surface area contributed by atoms with E-state index < -0.39 is 0 Å². The molecule has 1 amide bonds. The number of aromatic nitrogens is 3. The van der Waals surface area contributed by atoms with Crippen molar-refractivity contribution in [1.29, 1.82) is 0 Å². The Balaban J connectivity index is 1.77. The lowest BCUT2D eigenvalue weighted by Gasteiger charge is -2.25. The van der Waals surface area contributed by atoms with Crippen LogP contribution in [0.25, 0.3) is 17.1 Å². The zero-order valence-corrected chi connectivity index (χ0v) is 13.7. The van der Waals surface area contributed by atoms with E-state index >= 15 is 0 Å². The molecule has 1 aliphatic heterocycles. The van der Waals surface area contributed by atoms with Gasteiger partial charge in [-0.25, -0.2) is 9.67 Å². The summed E-state index contributed by atoms with van der Waals surface area (Å²) in [6.07, 6.45) is 0. The molecule has 126 valence electrons. The Morgan fingerprint density at radius 2 is 1.56 bits per heavy atom. The van der Waals surface area contributed by atoms with Gasteiger partial charge in [-0.05, 0) is 12.1 Å². The van der Waals surface area contributed by atoms with Gasteiger partial charge in [-0.3, -0.25) is 4.79 Å². The number of carbonyl (C=O) groups is 1. The van der Waals surface area contributed by atoms with Crippen LogP contribution in [0.4, 0.5) is 0 Å². The van der Waals surface area contributed by atoms with E-state index in [1.54, 1.807) is 9.58 Å². The highest BCUT2D eigenvalue weighted by atomic mass is 16.5. The van der Waals surface area contributed by atoms with Gasteiger partial charge in [0.25, 0.3) is 5.91 Å². The van der Waals surface area contributed by atoms with Crippen molar-refractivity contribution in [2.75, 3.05) is 26.3 Å². The van der Waals surface area contributed by atoms with Gasteiger partial charge >= 0.3 is 0 Å². The van der Waals surface area contributed by atoms with Crippen LogP contribution < -0.4 is 0 Å². The van der Waals surface area contributed by atoms with Crippen LogP contribution in [0.3, 0.4) is 0 Å². The van der Waals surface area contributed by atoms with Crippen molar-refractivity contribution >= 4 is 5.91 Å². The molecule has 25 heavy (non-hydrogen) atoms. The van der Waals surface area contributed by atoms with E-state index in [0.717, 1.165) is 11.3 Å². The molecule has 1 saturated heterocycles. The second-order valence-electron chi connectivity index (χ2n) is 5.78. The van der Waals surface area contributed by atoms with E-state index in [-0.39, 0.29) is 11.7 Å². The van der Waals surface area contributed by atoms with E-state index in [4.69, 9.17) is 4.74 Å². The van der Waals surface area contributed by atoms with E-state index in [1.807, 2.05) is 60.7 Å². The topological polar surface area (TPSA) is 60.2 Å². The standard InChI is InChI=1S/C19H18N4O2/c24-19(22-11-13-25-14-12-22)17-20-18(15-7-3-1-4-8-15)23(21-17)16-9-5-2-6-10-16/h1-10H,11-14H2. The third kappa shape index (κ3) is 3.16. The van der Waals surface area contributed by atoms with Crippen LogP contribution in [0.5, 0.6) is 0 Å². The molecular weight excluding hydrogens is 316 g/mol. The first kappa shape index (κ1) is 15.5. The number of morpholine rings is 1. The summed E-state index contributed by atoms with van der Waals surface area (Å²) >= 11 is 0. The SMILES string of the molecule is O=C(c1nc(-c2ccccc2)n(-c2ccccc2)n1)N1CCOCC1. The van der Waals surface area contributed by atoms with Crippen molar-refractivity contribution < 1.29 is 9.53 Å². The number of nitrogens with zero attached hydrogens (tertiary/aromatic N) is 4. The summed E-state index contributed by atoms with van der Waals surface area (Å²) in [6, 6.07) is 19.5. The number of rotatable bonds is 3. The van der Waals surface area contributed by atoms with Gasteiger partial charge in [0, 0.05) is 18.7 Å². The van der Waals surface area contributed by atoms with Crippen molar-refractivity contribution in [2.24, 2.45) is 0 Å². The number of carbonyl (C=O) groups excluding carboxylic acids is 1. The fourth-order valence-corrected chi connectivity index (χ4v) is 2.83. The minimum atomic E-state index is -0.157. The second kappa shape index (κ2) is 6.86. The Labute approximate surface area is 145 Å². The van der Waals surface area contributed by atoms with Crippen molar-refractivity contribution in [2.45, 2.75) is 0 Å². The molecule has 0 bridgehead atoms. The van der Waals surface area contributed by atoms with Crippen molar-refractivity contribution in [3.05, 3.63) is 66.5 Å². The Hall–Kier alpha value is -2.99. The molecule has 0 spiro atoms. The maximum atomic E-state index is 12.8. The summed E-state index contributed by atoms with van der Waals surface area (Å²) in [7, 11) is 0. The first-order chi connectivity index (χ1) is 12.3. The highest BCUT2D eigenvalue weighted by Crippen LogP contribution is 2.21. The van der Waals surface area contributed by atoms with Gasteiger partial charge in [-0.2, -0.15) is 0 Å². The zero-order chi connectivity index (χ0) is 17.1. The maximum Gasteiger partial charge on any atom is 0.293 e. The molecule has 6 nitrogen and oxygen atoms in total. The molecule has 4 rings (SSSR count). The van der Waals surface area contributed by atoms with Crippen molar-refractivity contribution in [1.82, 2.24) is 19.7 Å². The molecule has 0 saturated carbocycles. The van der Waals surface area contributed by atoms with Crippen LogP contribution in [0.1, 0.15) is 10.6 Å². The maximum absolute atomic E-state index is 12.8. The van der Waals surface area contributed by atoms with Gasteiger partial charge in [-0.15, -0.1) is 5.10 Å². The molecule has 0 radical (unpaired) electrons. The second-order valence-corrected chi connectivity index (χ2v) is 5.78. The highest BCUT2D eigenvalue weighted by molar-refractivity contribution is 5.91. The average Bonchev–Trinajstić information content (AvgIpc) is 3.15. The van der Waals surface area contributed by atoms with Crippen molar-refractivity contribution in [3.63, 3.8) is 0 Å². The normalized spacial score (nSPS) is 14.5. The number of amides is 1. The third-order valence-electron chi connectivity index (χ3n) is 4.13. The Kier molecular flexibility index (Phi) is 4.26. The molecule has 0 unspecified atom stereocenters. The van der Waals surface area contributed by atoms with Gasteiger partial charge < -0.3 is 9.64 Å². The van der Waals surface area contributed by atoms with Crippen molar-refractivity contribution in [3.8, 4) is 17.1 Å². The number of para-hydroxylation sites is 1. The summed E-state index contributed by atoms with van der Waals surface area (Å²) < 4.78 is 7.04. The van der Waals surface area contributed by atoms with Gasteiger partial charge in [-0.1, -0.05) is 48.5 Å². The highest BCUT2D eigenvalue weighted by Gasteiger charge is 2.24. The van der Waals surface area contributed by atoms with E-state index in [1.165, 1.54) is 0 Å². The predicted molar refractivity (Wildman–Crippen MR) is 93.5 cm³/mol. The molecule has 1 fully saturated rings. The van der Waals surface area contributed by atoms with E-state index in [2.05, 4.69) is 10.1 Å². The van der Waals surface area contributed by atoms with Gasteiger partial charge in [0.15, 0.2) is 5.82 Å². The summed E-state index contributed by atoms with van der Waals surface area (Å²) in [5.74, 6) is 0.711. The quantitative estimate of drug-likeness (QED) is 0.738. The summed E-state index contributed by atoms with van der Waals surface area (Å²) in [5, 5.41) is 4.51. The minimum Gasteiger partial charge on any atom is -0.378 e. The predicted octanol–water partition coefficient (Wildman–Crippen LogP) is 2.41. The molecule has 2 heterocycles. The Morgan fingerprint density at radius 1 is 0.920 bits per heavy atom. The third-order valence-corrected chi connectivity index (χ3v) is 4.13. The van der Waals surface area contributed by atoms with Crippen LogP contribution in [0.15, 0.2) is 60.7 Å². The monoisotopic (exact) mass is 334 g/mol. The van der Waals surface area contributed by atoms with Gasteiger partial charge in [0.2, 0.25) is 5.82 Å². The number of hydrogen-bond acceptors (Lipinski definition) is 4. The Bertz CT molecular complexity index is 799. The number of ether oxygens (including phenoxy) is 1. The average molecular weight is 334 g/mol. The van der Waals surface area contributed by atoms with Crippen LogP contribution in [0.2, 0.25) is 0 Å². The fourth-order valence-electron chi connectivity index (χ4n) is 2.83. The zero-order valence-electron chi connectivity index (χ0n) is 13.7. The fraction of sp³-hybridized carbons (Fsp3) is 0.211. The lowest BCUT2D eigenvalue weighted by atomic mass is 10.2. The van der Waals surface area contributed by atoms with Crippen LogP contribution in [-0.4, -0.2) is 51.9 Å². The smallest absolute Gasteiger partial charge is 0.293 e. The molecule has 3 aromatic rings. The first-order valence-electron chi connectivity index (χ1n) is 8.28. The lowest BCUT2D eigenvalue weighted by molar-refractivity contribution is 0.0295. The molecule has 0 N–H and O–H groups in total. The first-order valence-corrected chi connectivity index (χ1v) is 8.28. The lowest BCUT2D eigenvalue weighted by Crippen LogP contribution is -2.41. The molecule has 2 aromatic carbocycles. The van der Waals surface area contributed by atoms with E-state index in [9.17, 15) is 4.79 Å². The number of hydrogen-bond donors (Lipinski definition) is 0.